The standard InChI is InChI=1S/C16H18BrFN2O3/c17-10-2-4-12-9(7-10)1-3-13(12)14(19-16(22)23)15(21)20-6-5-11(18)8-20/h2,4,7,11,13-14,19H,1,3,5-6,8H2,(H,22,23)/t11-,13-,14-/m0/s1. The van der Waals surface area contributed by atoms with E-state index in [4.69, 9.17) is 5.11 Å². The molecule has 2 aliphatic rings. The summed E-state index contributed by atoms with van der Waals surface area (Å²) >= 11 is 3.42. The first-order valence-electron chi connectivity index (χ1n) is 7.66. The van der Waals surface area contributed by atoms with Gasteiger partial charge < -0.3 is 15.3 Å². The van der Waals surface area contributed by atoms with Gasteiger partial charge in [-0.3, -0.25) is 4.79 Å². The molecule has 0 saturated carbocycles. The molecule has 3 rings (SSSR count). The summed E-state index contributed by atoms with van der Waals surface area (Å²) in [6.45, 7) is 0.397. The Balaban J connectivity index is 1.86. The van der Waals surface area contributed by atoms with Gasteiger partial charge in [0.2, 0.25) is 5.91 Å². The van der Waals surface area contributed by atoms with Crippen LogP contribution < -0.4 is 5.32 Å². The first-order chi connectivity index (χ1) is 11.0. The molecule has 1 aliphatic heterocycles. The van der Waals surface area contributed by atoms with Gasteiger partial charge in [0.15, 0.2) is 0 Å². The minimum Gasteiger partial charge on any atom is -0.465 e. The van der Waals surface area contributed by atoms with Crippen molar-refractivity contribution in [1.82, 2.24) is 10.2 Å². The third-order valence-corrected chi connectivity index (χ3v) is 5.11. The molecule has 0 unspecified atom stereocenters. The molecule has 0 radical (unpaired) electrons. The number of nitrogens with one attached hydrogen (secondary N) is 1. The summed E-state index contributed by atoms with van der Waals surface area (Å²) in [5, 5.41) is 11.5. The molecule has 0 aromatic heterocycles. The Bertz CT molecular complexity index is 640. The van der Waals surface area contributed by atoms with Crippen LogP contribution in [0.15, 0.2) is 22.7 Å². The van der Waals surface area contributed by atoms with Crippen molar-refractivity contribution in [2.45, 2.75) is 37.4 Å². The molecule has 124 valence electrons. The van der Waals surface area contributed by atoms with E-state index >= 15 is 0 Å². The van der Waals surface area contributed by atoms with Crippen molar-refractivity contribution in [2.24, 2.45) is 0 Å². The van der Waals surface area contributed by atoms with Crippen molar-refractivity contribution in [3.8, 4) is 0 Å². The molecule has 0 spiro atoms. The average Bonchev–Trinajstić information content (AvgIpc) is 3.09. The Hall–Kier alpha value is -1.63. The predicted molar refractivity (Wildman–Crippen MR) is 86.2 cm³/mol. The molecule has 0 bridgehead atoms. The zero-order valence-electron chi connectivity index (χ0n) is 12.5. The van der Waals surface area contributed by atoms with E-state index in [1.807, 2.05) is 18.2 Å². The van der Waals surface area contributed by atoms with Crippen LogP contribution in [-0.4, -0.2) is 47.3 Å². The molecule has 7 heteroatoms. The number of likely N-dealkylation sites (tertiary alicyclic amines) is 1. The van der Waals surface area contributed by atoms with Crippen LogP contribution in [0.2, 0.25) is 0 Å². The number of nitrogens with zero attached hydrogens (tertiary/aromatic N) is 1. The smallest absolute Gasteiger partial charge is 0.405 e. The second kappa shape index (κ2) is 6.47. The largest absolute Gasteiger partial charge is 0.465 e. The lowest BCUT2D eigenvalue weighted by Gasteiger charge is -2.28. The average molecular weight is 385 g/mol. The van der Waals surface area contributed by atoms with Gasteiger partial charge in [0.25, 0.3) is 0 Å². The van der Waals surface area contributed by atoms with Gasteiger partial charge in [0, 0.05) is 16.9 Å². The monoisotopic (exact) mass is 384 g/mol. The number of aryl methyl sites for hydroxylation is 1. The molecule has 1 aliphatic carbocycles. The summed E-state index contributed by atoms with van der Waals surface area (Å²) in [5.74, 6) is -0.534. The molecular weight excluding hydrogens is 367 g/mol. The van der Waals surface area contributed by atoms with Crippen molar-refractivity contribution in [3.63, 3.8) is 0 Å². The van der Waals surface area contributed by atoms with Crippen LogP contribution >= 0.6 is 15.9 Å². The van der Waals surface area contributed by atoms with Gasteiger partial charge in [-0.25, -0.2) is 9.18 Å². The third kappa shape index (κ3) is 3.34. The topological polar surface area (TPSA) is 69.6 Å². The minimum atomic E-state index is -1.23. The Kier molecular flexibility index (Phi) is 4.57. The normalized spacial score (nSPS) is 24.3. The van der Waals surface area contributed by atoms with E-state index in [1.165, 1.54) is 4.90 Å². The van der Waals surface area contributed by atoms with Gasteiger partial charge in [-0.05, 0) is 42.5 Å². The summed E-state index contributed by atoms with van der Waals surface area (Å²) in [4.78, 5) is 25.3. The third-order valence-electron chi connectivity index (χ3n) is 4.62. The number of carbonyl (C=O) groups excluding carboxylic acids is 1. The maximum atomic E-state index is 13.4. The van der Waals surface area contributed by atoms with Gasteiger partial charge in [-0.2, -0.15) is 0 Å². The van der Waals surface area contributed by atoms with Crippen LogP contribution in [0.1, 0.15) is 29.9 Å². The lowest BCUT2D eigenvalue weighted by Crippen LogP contribution is -2.50. The number of hydrogen-bond donors (Lipinski definition) is 2. The SMILES string of the molecule is O=C(O)N[C@H](C(=O)N1CC[C@H](F)C1)[C@H]1CCc2cc(Br)ccc21. The maximum Gasteiger partial charge on any atom is 0.405 e. The number of halogens is 2. The van der Waals surface area contributed by atoms with Gasteiger partial charge >= 0.3 is 6.09 Å². The summed E-state index contributed by atoms with van der Waals surface area (Å²) < 4.78 is 14.3. The van der Waals surface area contributed by atoms with Gasteiger partial charge in [-0.1, -0.05) is 22.0 Å². The van der Waals surface area contributed by atoms with Crippen LogP contribution in [0.5, 0.6) is 0 Å². The summed E-state index contributed by atoms with van der Waals surface area (Å²) in [5.41, 5.74) is 2.12. The summed E-state index contributed by atoms with van der Waals surface area (Å²) in [7, 11) is 0. The molecule has 1 heterocycles. The zero-order valence-corrected chi connectivity index (χ0v) is 14.1. The number of alkyl halides is 1. The van der Waals surface area contributed by atoms with Gasteiger partial charge in [0.05, 0.1) is 6.54 Å². The van der Waals surface area contributed by atoms with Crippen molar-refractivity contribution >= 4 is 27.9 Å². The van der Waals surface area contributed by atoms with Crippen LogP contribution in [0.4, 0.5) is 9.18 Å². The highest BCUT2D eigenvalue weighted by Gasteiger charge is 2.39. The van der Waals surface area contributed by atoms with Crippen LogP contribution in [0.25, 0.3) is 0 Å². The lowest BCUT2D eigenvalue weighted by molar-refractivity contribution is -0.133. The number of carboxylic acid groups (broad SMARTS) is 1. The fourth-order valence-electron chi connectivity index (χ4n) is 3.55. The Morgan fingerprint density at radius 1 is 1.39 bits per heavy atom. The molecule has 23 heavy (non-hydrogen) atoms. The number of carbonyl (C=O) groups is 2. The molecular formula is C16H18BrFN2O3. The Labute approximate surface area is 142 Å². The molecule has 1 aromatic rings. The van der Waals surface area contributed by atoms with Crippen molar-refractivity contribution in [2.75, 3.05) is 13.1 Å². The molecule has 1 fully saturated rings. The Morgan fingerprint density at radius 2 is 2.17 bits per heavy atom. The van der Waals surface area contributed by atoms with E-state index in [1.54, 1.807) is 0 Å². The van der Waals surface area contributed by atoms with Crippen LogP contribution in [0.3, 0.4) is 0 Å². The highest BCUT2D eigenvalue weighted by Crippen LogP contribution is 2.37. The Morgan fingerprint density at radius 3 is 2.83 bits per heavy atom. The maximum absolute atomic E-state index is 13.4. The fourth-order valence-corrected chi connectivity index (χ4v) is 3.96. The van der Waals surface area contributed by atoms with E-state index in [-0.39, 0.29) is 18.4 Å². The second-order valence-electron chi connectivity index (χ2n) is 6.09. The highest BCUT2D eigenvalue weighted by molar-refractivity contribution is 9.10. The number of fused-ring (bicyclic) bond motifs is 1. The van der Waals surface area contributed by atoms with Crippen LogP contribution in [-0.2, 0) is 11.2 Å². The molecule has 3 atom stereocenters. The summed E-state index contributed by atoms with van der Waals surface area (Å²) in [6.07, 6.45) is -0.424. The summed E-state index contributed by atoms with van der Waals surface area (Å²) in [6, 6.07) is 4.97. The number of rotatable bonds is 3. The van der Waals surface area contributed by atoms with E-state index in [0.29, 0.717) is 19.4 Å². The van der Waals surface area contributed by atoms with Crippen molar-refractivity contribution < 1.29 is 19.1 Å². The molecule has 2 N–H and O–H groups in total. The molecule has 2 amide bonds. The van der Waals surface area contributed by atoms with E-state index in [9.17, 15) is 14.0 Å². The molecule has 1 aromatic carbocycles. The molecule has 5 nitrogen and oxygen atoms in total. The van der Waals surface area contributed by atoms with Gasteiger partial charge in [-0.15, -0.1) is 0 Å². The van der Waals surface area contributed by atoms with Crippen molar-refractivity contribution in [1.29, 1.82) is 0 Å². The lowest BCUT2D eigenvalue weighted by atomic mass is 9.92. The van der Waals surface area contributed by atoms with Gasteiger partial charge in [0.1, 0.15) is 12.2 Å². The number of amides is 2. The van der Waals surface area contributed by atoms with E-state index < -0.39 is 18.3 Å². The predicted octanol–water partition coefficient (Wildman–Crippen LogP) is 2.69. The van der Waals surface area contributed by atoms with Crippen molar-refractivity contribution in [3.05, 3.63) is 33.8 Å². The number of benzene rings is 1. The first kappa shape index (κ1) is 16.2. The minimum absolute atomic E-state index is 0.0521. The first-order valence-corrected chi connectivity index (χ1v) is 8.45. The second-order valence-corrected chi connectivity index (χ2v) is 7.00. The van der Waals surface area contributed by atoms with Crippen LogP contribution in [0, 0.1) is 0 Å². The highest BCUT2D eigenvalue weighted by atomic mass is 79.9. The zero-order chi connectivity index (χ0) is 16.6. The number of hydrogen-bond acceptors (Lipinski definition) is 2. The fraction of sp³-hybridized carbons (Fsp3) is 0.500. The molecule has 1 saturated heterocycles. The van der Waals surface area contributed by atoms with E-state index in [2.05, 4.69) is 21.2 Å². The quantitative estimate of drug-likeness (QED) is 0.841. The van der Waals surface area contributed by atoms with E-state index in [0.717, 1.165) is 22.0 Å².